The first kappa shape index (κ1) is 28.9. The minimum absolute atomic E-state index is 0.109. The Kier molecular flexibility index (Phi) is 7.82. The smallest absolute Gasteiger partial charge is 0.333 e. The van der Waals surface area contributed by atoms with Crippen LogP contribution in [-0.2, 0) is 24.4 Å². The lowest BCUT2D eigenvalue weighted by Gasteiger charge is -2.46. The molecule has 5 heterocycles. The molecule has 0 spiro atoms. The highest BCUT2D eigenvalue weighted by Crippen LogP contribution is 2.32. The number of aromatic nitrogens is 2. The molecule has 3 saturated heterocycles. The molecule has 9 nitrogen and oxygen atoms in total. The molecule has 0 radical (unpaired) electrons. The van der Waals surface area contributed by atoms with Gasteiger partial charge >= 0.3 is 5.69 Å². The largest absolute Gasteiger partial charge is 0.374 e. The Hall–Kier alpha value is -3.86. The van der Waals surface area contributed by atoms with Crippen molar-refractivity contribution < 1.29 is 14.3 Å². The van der Waals surface area contributed by atoms with Gasteiger partial charge in [0.25, 0.3) is 11.8 Å². The summed E-state index contributed by atoms with van der Waals surface area (Å²) >= 11 is 9.64. The average molecular weight is 677 g/mol. The average Bonchev–Trinajstić information content (AvgIpc) is 3.37. The van der Waals surface area contributed by atoms with Crippen LogP contribution in [-0.4, -0.2) is 57.7 Å². The van der Waals surface area contributed by atoms with E-state index in [9.17, 15) is 14.4 Å². The highest BCUT2D eigenvalue weighted by atomic mass is 79.9. The van der Waals surface area contributed by atoms with E-state index in [0.717, 1.165) is 37.2 Å². The van der Waals surface area contributed by atoms with Gasteiger partial charge in [0.2, 0.25) is 0 Å². The molecule has 44 heavy (non-hydrogen) atoms. The fraction of sp³-hybridized carbons (Fsp3) is 0.303. The van der Waals surface area contributed by atoms with Crippen molar-refractivity contribution in [1.82, 2.24) is 19.4 Å². The summed E-state index contributed by atoms with van der Waals surface area (Å²) in [4.78, 5) is 45.4. The molecule has 1 aromatic heterocycles. The summed E-state index contributed by atoms with van der Waals surface area (Å²) in [6.07, 6.45) is 2.44. The summed E-state index contributed by atoms with van der Waals surface area (Å²) in [7, 11) is 0. The number of hydrogen-bond donors (Lipinski definition) is 1. The second-order valence-corrected chi connectivity index (χ2v) is 12.7. The maximum atomic E-state index is 13.9. The van der Waals surface area contributed by atoms with Gasteiger partial charge in [-0.15, -0.1) is 0 Å². The van der Waals surface area contributed by atoms with Crippen LogP contribution >= 0.6 is 27.5 Å². The van der Waals surface area contributed by atoms with Crippen molar-refractivity contribution in [2.45, 2.75) is 44.6 Å². The molecule has 3 aromatic carbocycles. The Bertz CT molecular complexity index is 1780. The van der Waals surface area contributed by atoms with Gasteiger partial charge in [-0.05, 0) is 76.8 Å². The molecule has 0 saturated carbocycles. The number of carbonyl (C=O) groups excluding carboxylic acids is 2. The second-order valence-electron chi connectivity index (χ2n) is 11.4. The van der Waals surface area contributed by atoms with Gasteiger partial charge in [0.1, 0.15) is 5.69 Å². The van der Waals surface area contributed by atoms with Gasteiger partial charge in [-0.2, -0.15) is 0 Å². The van der Waals surface area contributed by atoms with Crippen LogP contribution in [0.5, 0.6) is 0 Å². The van der Waals surface area contributed by atoms with Crippen molar-refractivity contribution >= 4 is 45.0 Å². The first-order valence-corrected chi connectivity index (χ1v) is 15.9. The molecule has 3 fully saturated rings. The molecular formula is C33H31BrClN5O4. The third-order valence-electron chi connectivity index (χ3n) is 8.77. The molecule has 4 aliphatic heterocycles. The Labute approximate surface area is 268 Å². The van der Waals surface area contributed by atoms with Crippen LogP contribution in [0.3, 0.4) is 0 Å². The Balaban J connectivity index is 1.23. The number of halogens is 2. The zero-order chi connectivity index (χ0) is 30.4. The van der Waals surface area contributed by atoms with Crippen molar-refractivity contribution in [3.05, 3.63) is 115 Å². The summed E-state index contributed by atoms with van der Waals surface area (Å²) in [5.74, 6) is -0.596. The van der Waals surface area contributed by atoms with E-state index < -0.39 is 0 Å². The van der Waals surface area contributed by atoms with Crippen LogP contribution in [0.15, 0.2) is 82.1 Å². The molecule has 4 aromatic rings. The lowest BCUT2D eigenvalue weighted by Crippen LogP contribution is -2.54. The summed E-state index contributed by atoms with van der Waals surface area (Å²) in [6, 6.07) is 22.8. The normalized spacial score (nSPS) is 19.1. The summed E-state index contributed by atoms with van der Waals surface area (Å²) in [5, 5.41) is 3.43. The number of piperidine rings is 1. The number of amides is 2. The first-order valence-electron chi connectivity index (χ1n) is 14.8. The van der Waals surface area contributed by atoms with E-state index in [0.29, 0.717) is 45.6 Å². The topological polar surface area (TPSA) is 88.8 Å². The minimum atomic E-state index is -0.379. The second kappa shape index (κ2) is 11.9. The summed E-state index contributed by atoms with van der Waals surface area (Å²) in [6.45, 7) is 2.59. The molecule has 1 N–H and O–H groups in total. The number of morpholine rings is 1. The van der Waals surface area contributed by atoms with Crippen molar-refractivity contribution in [2.75, 3.05) is 24.6 Å². The third kappa shape index (κ3) is 5.35. The van der Waals surface area contributed by atoms with Gasteiger partial charge in [0.15, 0.2) is 0 Å². The molecule has 0 aliphatic carbocycles. The lowest BCUT2D eigenvalue weighted by molar-refractivity contribution is -0.0225. The highest BCUT2D eigenvalue weighted by Gasteiger charge is 2.35. The molecule has 226 valence electrons. The molecular weight excluding hydrogens is 646 g/mol. The van der Waals surface area contributed by atoms with Crippen molar-refractivity contribution in [3.8, 4) is 5.69 Å². The van der Waals surface area contributed by atoms with E-state index in [1.807, 2.05) is 54.6 Å². The monoisotopic (exact) mass is 675 g/mol. The number of nitrogens with one attached hydrogen (secondary N) is 1. The Morgan fingerprint density at radius 2 is 1.75 bits per heavy atom. The van der Waals surface area contributed by atoms with Gasteiger partial charge in [0, 0.05) is 41.9 Å². The van der Waals surface area contributed by atoms with Crippen LogP contribution in [0.1, 0.15) is 44.9 Å². The summed E-state index contributed by atoms with van der Waals surface area (Å²) in [5.41, 5.74) is 3.48. The standard InChI is InChI=1S/C33H31BrClN5O4/c34-27-13-6-22(16-28(27)35)32(42)37-14-15-38-29(19-37)30(31(41)36-17-21-4-2-1-3-5-21)40(33(38)43)24-9-7-23(8-10-24)39-18-26-12-11-25(39)20-44-26/h1-10,13,16,25-26H,11-12,14-15,17-20H2,(H,36,41)/t25-,26?/m1/s1. The van der Waals surface area contributed by atoms with E-state index in [4.69, 9.17) is 16.3 Å². The van der Waals surface area contributed by atoms with E-state index >= 15 is 0 Å². The zero-order valence-electron chi connectivity index (χ0n) is 23.9. The van der Waals surface area contributed by atoms with Crippen LogP contribution in [0.25, 0.3) is 5.69 Å². The number of hydrogen-bond acceptors (Lipinski definition) is 5. The maximum absolute atomic E-state index is 13.9. The van der Waals surface area contributed by atoms with Gasteiger partial charge in [-0.25, -0.2) is 4.79 Å². The maximum Gasteiger partial charge on any atom is 0.333 e. The number of benzene rings is 3. The fourth-order valence-corrected chi connectivity index (χ4v) is 6.87. The first-order chi connectivity index (χ1) is 21.4. The molecule has 11 heteroatoms. The van der Waals surface area contributed by atoms with Gasteiger partial charge in [0.05, 0.1) is 41.7 Å². The van der Waals surface area contributed by atoms with Gasteiger partial charge in [-0.1, -0.05) is 41.9 Å². The third-order valence-corrected chi connectivity index (χ3v) is 10.0. The van der Waals surface area contributed by atoms with Crippen LogP contribution in [0.2, 0.25) is 5.02 Å². The zero-order valence-corrected chi connectivity index (χ0v) is 26.3. The predicted molar refractivity (Wildman–Crippen MR) is 172 cm³/mol. The number of fused-ring (bicyclic) bond motifs is 4. The predicted octanol–water partition coefficient (Wildman–Crippen LogP) is 5.01. The van der Waals surface area contributed by atoms with Crippen LogP contribution in [0.4, 0.5) is 5.69 Å². The fourth-order valence-electron chi connectivity index (χ4n) is 6.44. The van der Waals surface area contributed by atoms with Gasteiger partial charge < -0.3 is 19.9 Å². The quantitative estimate of drug-likeness (QED) is 0.311. The number of nitrogens with zero attached hydrogens (tertiary/aromatic N) is 4. The molecule has 8 rings (SSSR count). The summed E-state index contributed by atoms with van der Waals surface area (Å²) < 4.78 is 9.67. The number of imidazole rings is 1. The van der Waals surface area contributed by atoms with Crippen LogP contribution < -0.4 is 15.9 Å². The van der Waals surface area contributed by atoms with E-state index in [1.165, 1.54) is 4.57 Å². The molecule has 2 atom stereocenters. The number of rotatable bonds is 6. The molecule has 2 bridgehead atoms. The SMILES string of the molecule is O=C(NCc1ccccc1)c1c2n(c(=O)n1-c1ccc(N3CC4CC[C@@H]3CO4)cc1)CCN(C(=O)c1ccc(Br)c(Cl)c1)C2. The van der Waals surface area contributed by atoms with E-state index in [2.05, 4.69) is 26.1 Å². The van der Waals surface area contributed by atoms with Crippen molar-refractivity contribution in [2.24, 2.45) is 0 Å². The number of ether oxygens (including phenoxy) is 1. The lowest BCUT2D eigenvalue weighted by atomic mass is 9.96. The minimum Gasteiger partial charge on any atom is -0.374 e. The van der Waals surface area contributed by atoms with Crippen molar-refractivity contribution in [1.29, 1.82) is 0 Å². The highest BCUT2D eigenvalue weighted by molar-refractivity contribution is 9.10. The molecule has 1 unspecified atom stereocenters. The molecule has 2 amide bonds. The van der Waals surface area contributed by atoms with E-state index in [1.54, 1.807) is 27.7 Å². The van der Waals surface area contributed by atoms with E-state index in [-0.39, 0.29) is 42.4 Å². The number of carbonyl (C=O) groups is 2. The van der Waals surface area contributed by atoms with Crippen LogP contribution in [0, 0.1) is 0 Å². The molecule has 4 aliphatic rings. The number of anilines is 1. The Morgan fingerprint density at radius 1 is 0.977 bits per heavy atom. The van der Waals surface area contributed by atoms with Crippen molar-refractivity contribution in [3.63, 3.8) is 0 Å². The van der Waals surface area contributed by atoms with Gasteiger partial charge in [-0.3, -0.25) is 18.7 Å². The Morgan fingerprint density at radius 3 is 2.43 bits per heavy atom.